The van der Waals surface area contributed by atoms with Gasteiger partial charge in [-0.15, -0.1) is 13.2 Å². The monoisotopic (exact) mass is 479 g/mol. The average Bonchev–Trinajstić information content (AvgIpc) is 3.26. The zero-order valence-corrected chi connectivity index (χ0v) is 17.9. The highest BCUT2D eigenvalue weighted by atomic mass is 32.1. The van der Waals surface area contributed by atoms with Gasteiger partial charge in [0.05, 0.1) is 21.3 Å². The summed E-state index contributed by atoms with van der Waals surface area (Å²) in [7, 11) is 1.74. The van der Waals surface area contributed by atoms with E-state index in [1.165, 1.54) is 31.2 Å². The summed E-state index contributed by atoms with van der Waals surface area (Å²) >= 11 is 1.13. The number of carboxylic acid groups (broad SMARTS) is 1. The molecule has 0 fully saturated rings. The van der Waals surface area contributed by atoms with Crippen molar-refractivity contribution >= 4 is 55.5 Å². The van der Waals surface area contributed by atoms with E-state index in [9.17, 15) is 22.8 Å². The maximum atomic E-state index is 12.4. The number of carboxylic acids is 1. The number of ether oxygens (including phenoxy) is 1. The summed E-state index contributed by atoms with van der Waals surface area (Å²) in [6, 6.07) is 7.58. The van der Waals surface area contributed by atoms with Crippen LogP contribution in [0.5, 0.6) is 5.75 Å². The number of nitrogens with zero attached hydrogens (tertiary/aromatic N) is 3. The van der Waals surface area contributed by atoms with Crippen LogP contribution in [0.15, 0.2) is 36.4 Å². The predicted octanol–water partition coefficient (Wildman–Crippen LogP) is 4.03. The lowest BCUT2D eigenvalue weighted by molar-refractivity contribution is -0.274. The van der Waals surface area contributed by atoms with Gasteiger partial charge < -0.3 is 25.0 Å². The number of benzene rings is 2. The molecular formula is C20H16F3N5O4S. The molecule has 0 bridgehead atoms. The minimum atomic E-state index is -4.78. The number of thiazole rings is 1. The molecule has 0 aliphatic carbocycles. The molecule has 0 unspecified atom stereocenters. The van der Waals surface area contributed by atoms with Crippen molar-refractivity contribution in [3.63, 3.8) is 0 Å². The molecule has 0 saturated carbocycles. The van der Waals surface area contributed by atoms with Crippen LogP contribution in [-0.4, -0.2) is 43.9 Å². The average molecular weight is 479 g/mol. The lowest BCUT2D eigenvalue weighted by Gasteiger charge is -2.09. The maximum absolute atomic E-state index is 12.4. The minimum absolute atomic E-state index is 0.248. The van der Waals surface area contributed by atoms with Crippen molar-refractivity contribution in [2.24, 2.45) is 7.05 Å². The van der Waals surface area contributed by atoms with Crippen molar-refractivity contribution in [2.45, 2.75) is 19.3 Å². The van der Waals surface area contributed by atoms with Crippen molar-refractivity contribution in [3.8, 4) is 5.75 Å². The quantitative estimate of drug-likeness (QED) is 0.382. The van der Waals surface area contributed by atoms with Crippen molar-refractivity contribution in [1.82, 2.24) is 19.9 Å². The number of carbonyl (C=O) groups is 2. The van der Waals surface area contributed by atoms with Gasteiger partial charge in [-0.05, 0) is 37.3 Å². The molecular weight excluding hydrogens is 463 g/mol. The molecule has 4 aromatic rings. The fourth-order valence-corrected chi connectivity index (χ4v) is 3.93. The normalized spacial score (nSPS) is 12.6. The van der Waals surface area contributed by atoms with E-state index in [2.05, 4.69) is 25.3 Å². The Labute approximate surface area is 187 Å². The lowest BCUT2D eigenvalue weighted by Crippen LogP contribution is -2.38. The van der Waals surface area contributed by atoms with Gasteiger partial charge in [-0.25, -0.2) is 9.97 Å². The van der Waals surface area contributed by atoms with Crippen molar-refractivity contribution in [2.75, 3.05) is 5.32 Å². The fourth-order valence-electron chi connectivity index (χ4n) is 3.05. The number of amides is 1. The number of hydrogen-bond acceptors (Lipinski definition) is 7. The molecule has 0 aliphatic heterocycles. The van der Waals surface area contributed by atoms with Crippen LogP contribution < -0.4 is 15.4 Å². The fraction of sp³-hybridized carbons (Fsp3) is 0.200. The number of rotatable bonds is 6. The molecule has 2 heterocycles. The number of aliphatic carboxylic acids is 1. The van der Waals surface area contributed by atoms with Gasteiger partial charge in [0.1, 0.15) is 11.8 Å². The molecule has 1 atom stereocenters. The number of alkyl halides is 3. The third kappa shape index (κ3) is 4.82. The minimum Gasteiger partial charge on any atom is -0.480 e. The Hall–Kier alpha value is -3.87. The van der Waals surface area contributed by atoms with Crippen LogP contribution in [0.4, 0.5) is 24.3 Å². The van der Waals surface area contributed by atoms with Crippen LogP contribution >= 0.6 is 11.3 Å². The molecule has 0 aliphatic rings. The predicted molar refractivity (Wildman–Crippen MR) is 115 cm³/mol. The summed E-state index contributed by atoms with van der Waals surface area (Å²) in [6.07, 6.45) is -4.78. The highest BCUT2D eigenvalue weighted by Gasteiger charge is 2.31. The molecule has 4 rings (SSSR count). The number of aryl methyl sites for hydroxylation is 1. The van der Waals surface area contributed by atoms with E-state index in [0.29, 0.717) is 32.3 Å². The number of aromatic nitrogens is 3. The van der Waals surface area contributed by atoms with E-state index in [0.717, 1.165) is 11.3 Å². The number of halogens is 3. The van der Waals surface area contributed by atoms with Gasteiger partial charge in [0.25, 0.3) is 5.91 Å². The van der Waals surface area contributed by atoms with Crippen molar-refractivity contribution in [1.29, 1.82) is 0 Å². The standard InChI is InChI=1S/C20H16F3N5O4S/c1-9(17(30)31)24-16(29)10-3-6-14-13(7-10)25-18(28(14)2)27-19-26-12-5-4-11(8-15(12)33-19)32-20(21,22)23/h3-9H,1-2H3,(H,24,29)(H,30,31)(H,25,26,27)/t9-/m0/s1. The summed E-state index contributed by atoms with van der Waals surface area (Å²) < 4.78 is 43.5. The highest BCUT2D eigenvalue weighted by molar-refractivity contribution is 7.22. The molecule has 0 spiro atoms. The first-order valence-corrected chi connectivity index (χ1v) is 10.3. The van der Waals surface area contributed by atoms with E-state index in [4.69, 9.17) is 5.11 Å². The Kier molecular flexibility index (Phi) is 5.57. The number of imidazole rings is 1. The molecule has 2 aromatic heterocycles. The van der Waals surface area contributed by atoms with E-state index >= 15 is 0 Å². The Bertz CT molecular complexity index is 1380. The largest absolute Gasteiger partial charge is 0.573 e. The Morgan fingerprint density at radius 3 is 2.61 bits per heavy atom. The molecule has 172 valence electrons. The van der Waals surface area contributed by atoms with Gasteiger partial charge in [-0.1, -0.05) is 11.3 Å². The number of hydrogen-bond donors (Lipinski definition) is 3. The molecule has 13 heteroatoms. The van der Waals surface area contributed by atoms with Crippen LogP contribution in [-0.2, 0) is 11.8 Å². The van der Waals surface area contributed by atoms with Crippen molar-refractivity contribution in [3.05, 3.63) is 42.0 Å². The summed E-state index contributed by atoms with van der Waals surface area (Å²) in [5.41, 5.74) is 1.92. The number of carbonyl (C=O) groups excluding carboxylic acids is 1. The van der Waals surface area contributed by atoms with E-state index in [-0.39, 0.29) is 11.3 Å². The van der Waals surface area contributed by atoms with Crippen LogP contribution in [0.3, 0.4) is 0 Å². The summed E-state index contributed by atoms with van der Waals surface area (Å²) in [5.74, 6) is -1.64. The molecule has 3 N–H and O–H groups in total. The van der Waals surface area contributed by atoms with Crippen LogP contribution in [0, 0.1) is 0 Å². The third-order valence-electron chi connectivity index (χ3n) is 4.67. The first-order chi connectivity index (χ1) is 15.5. The van der Waals surface area contributed by atoms with Crippen molar-refractivity contribution < 1.29 is 32.6 Å². The summed E-state index contributed by atoms with van der Waals surface area (Å²) in [5, 5.41) is 14.8. The van der Waals surface area contributed by atoms with E-state index < -0.39 is 24.3 Å². The SMILES string of the molecule is C[C@H](NC(=O)c1ccc2c(c1)nc(Nc1nc3ccc(OC(F)(F)F)cc3s1)n2C)C(=O)O. The first-order valence-electron chi connectivity index (χ1n) is 9.43. The Morgan fingerprint density at radius 2 is 1.91 bits per heavy atom. The Balaban J connectivity index is 1.58. The third-order valence-corrected chi connectivity index (χ3v) is 5.61. The van der Waals surface area contributed by atoms with E-state index in [1.54, 1.807) is 23.7 Å². The summed E-state index contributed by atoms with van der Waals surface area (Å²) in [4.78, 5) is 32.0. The second-order valence-corrected chi connectivity index (χ2v) is 8.08. The number of nitrogens with one attached hydrogen (secondary N) is 2. The smallest absolute Gasteiger partial charge is 0.480 e. The highest BCUT2D eigenvalue weighted by Crippen LogP contribution is 2.33. The zero-order chi connectivity index (χ0) is 23.9. The van der Waals surface area contributed by atoms with Crippen LogP contribution in [0.2, 0.25) is 0 Å². The molecule has 2 aromatic carbocycles. The molecule has 0 saturated heterocycles. The second kappa shape index (κ2) is 8.24. The molecule has 33 heavy (non-hydrogen) atoms. The maximum Gasteiger partial charge on any atom is 0.573 e. The van der Waals surface area contributed by atoms with Gasteiger partial charge >= 0.3 is 12.3 Å². The number of fused-ring (bicyclic) bond motifs is 2. The van der Waals surface area contributed by atoms with Gasteiger partial charge in [0.15, 0.2) is 5.13 Å². The van der Waals surface area contributed by atoms with Gasteiger partial charge in [0, 0.05) is 18.7 Å². The van der Waals surface area contributed by atoms with Gasteiger partial charge in [0.2, 0.25) is 5.95 Å². The molecule has 0 radical (unpaired) electrons. The van der Waals surface area contributed by atoms with Crippen LogP contribution in [0.1, 0.15) is 17.3 Å². The second-order valence-electron chi connectivity index (χ2n) is 7.05. The topological polar surface area (TPSA) is 118 Å². The summed E-state index contributed by atoms with van der Waals surface area (Å²) in [6.45, 7) is 1.36. The zero-order valence-electron chi connectivity index (χ0n) is 17.1. The lowest BCUT2D eigenvalue weighted by atomic mass is 10.1. The number of anilines is 2. The molecule has 9 nitrogen and oxygen atoms in total. The van der Waals surface area contributed by atoms with E-state index in [1.807, 2.05) is 0 Å². The Morgan fingerprint density at radius 1 is 1.15 bits per heavy atom. The van der Waals surface area contributed by atoms with Crippen LogP contribution in [0.25, 0.3) is 21.3 Å². The van der Waals surface area contributed by atoms with Gasteiger partial charge in [-0.3, -0.25) is 9.59 Å². The molecule has 1 amide bonds. The first kappa shape index (κ1) is 22.3. The van der Waals surface area contributed by atoms with Gasteiger partial charge in [-0.2, -0.15) is 0 Å².